The number of anilines is 1. The van der Waals surface area contributed by atoms with E-state index in [0.717, 1.165) is 12.1 Å². The Kier molecular flexibility index (Phi) is 2.86. The number of nitrogens with two attached hydrogens (primary N) is 1. The number of rotatable bonds is 2. The molecule has 3 aromatic rings. The summed E-state index contributed by atoms with van der Waals surface area (Å²) in [7, 11) is 0. The molecule has 2 heterocycles. The fourth-order valence-electron chi connectivity index (χ4n) is 1.87. The summed E-state index contributed by atoms with van der Waals surface area (Å²) in [5.41, 5.74) is 6.86. The maximum atomic E-state index is 13.9. The van der Waals surface area contributed by atoms with Crippen LogP contribution in [0.15, 0.2) is 41.4 Å². The third kappa shape index (κ3) is 1.99. The molecule has 0 saturated carbocycles. The van der Waals surface area contributed by atoms with Gasteiger partial charge in [-0.1, -0.05) is 5.16 Å². The van der Waals surface area contributed by atoms with Crippen molar-refractivity contribution < 1.29 is 13.3 Å². The second-order valence-electron chi connectivity index (χ2n) is 4.02. The summed E-state index contributed by atoms with van der Waals surface area (Å²) in [5, 5.41) is 3.79. The zero-order valence-corrected chi connectivity index (χ0v) is 10.0. The summed E-state index contributed by atoms with van der Waals surface area (Å²) < 4.78 is 31.8. The molecule has 0 radical (unpaired) electrons. The van der Waals surface area contributed by atoms with Crippen LogP contribution in [0.3, 0.4) is 0 Å². The van der Waals surface area contributed by atoms with Gasteiger partial charge in [0.15, 0.2) is 0 Å². The number of halogens is 2. The molecule has 0 bridgehead atoms. The van der Waals surface area contributed by atoms with Crippen LogP contribution in [0.25, 0.3) is 22.4 Å². The van der Waals surface area contributed by atoms with Crippen LogP contribution >= 0.6 is 0 Å². The highest BCUT2D eigenvalue weighted by atomic mass is 19.1. The van der Waals surface area contributed by atoms with Gasteiger partial charge >= 0.3 is 0 Å². The molecule has 2 N–H and O–H groups in total. The monoisotopic (exact) mass is 274 g/mol. The molecular formula is C13H8F2N4O. The Bertz CT molecular complexity index is 758. The molecule has 7 heteroatoms. The van der Waals surface area contributed by atoms with Crippen molar-refractivity contribution >= 4 is 5.88 Å². The maximum absolute atomic E-state index is 13.9. The predicted octanol–water partition coefficient (Wildman–Crippen LogP) is 2.66. The fourth-order valence-corrected chi connectivity index (χ4v) is 1.87. The number of nitrogens with zero attached hydrogens (tertiary/aromatic N) is 3. The fraction of sp³-hybridized carbons (Fsp3) is 0. The molecule has 100 valence electrons. The predicted molar refractivity (Wildman–Crippen MR) is 67.3 cm³/mol. The lowest BCUT2D eigenvalue weighted by molar-refractivity contribution is 0.439. The highest BCUT2D eigenvalue weighted by Crippen LogP contribution is 2.37. The van der Waals surface area contributed by atoms with Gasteiger partial charge in [-0.3, -0.25) is 0 Å². The molecule has 0 spiro atoms. The van der Waals surface area contributed by atoms with Crippen LogP contribution in [-0.4, -0.2) is 15.1 Å². The van der Waals surface area contributed by atoms with Crippen LogP contribution < -0.4 is 5.73 Å². The largest absolute Gasteiger partial charge is 0.367 e. The van der Waals surface area contributed by atoms with Gasteiger partial charge < -0.3 is 10.3 Å². The highest BCUT2D eigenvalue weighted by Gasteiger charge is 2.20. The lowest BCUT2D eigenvalue weighted by Gasteiger charge is -2.04. The minimum Gasteiger partial charge on any atom is -0.367 e. The Morgan fingerprint density at radius 2 is 1.85 bits per heavy atom. The van der Waals surface area contributed by atoms with Crippen LogP contribution in [0.2, 0.25) is 0 Å². The van der Waals surface area contributed by atoms with Crippen molar-refractivity contribution in [3.63, 3.8) is 0 Å². The van der Waals surface area contributed by atoms with Gasteiger partial charge in [0.2, 0.25) is 5.88 Å². The molecule has 5 nitrogen and oxygen atoms in total. The lowest BCUT2D eigenvalue weighted by Crippen LogP contribution is -1.92. The van der Waals surface area contributed by atoms with E-state index in [0.29, 0.717) is 11.3 Å². The van der Waals surface area contributed by atoms with Crippen molar-refractivity contribution in [2.75, 3.05) is 5.73 Å². The summed E-state index contributed by atoms with van der Waals surface area (Å²) in [6.45, 7) is 0. The van der Waals surface area contributed by atoms with Gasteiger partial charge in [-0.25, -0.2) is 18.7 Å². The van der Waals surface area contributed by atoms with Crippen molar-refractivity contribution in [1.82, 2.24) is 15.1 Å². The van der Waals surface area contributed by atoms with Crippen molar-refractivity contribution in [1.29, 1.82) is 0 Å². The first-order valence-corrected chi connectivity index (χ1v) is 5.63. The number of benzene rings is 1. The van der Waals surface area contributed by atoms with E-state index >= 15 is 0 Å². The van der Waals surface area contributed by atoms with Crippen LogP contribution in [0, 0.1) is 11.6 Å². The molecule has 0 saturated heterocycles. The smallest absolute Gasteiger partial charge is 0.230 e. The molecule has 20 heavy (non-hydrogen) atoms. The van der Waals surface area contributed by atoms with Crippen molar-refractivity contribution in [3.8, 4) is 22.4 Å². The van der Waals surface area contributed by atoms with Crippen LogP contribution in [0.4, 0.5) is 14.7 Å². The summed E-state index contributed by atoms with van der Waals surface area (Å²) in [5.74, 6) is -1.49. The molecule has 0 unspecified atom stereocenters. The summed E-state index contributed by atoms with van der Waals surface area (Å²) in [4.78, 5) is 7.71. The van der Waals surface area contributed by atoms with Crippen molar-refractivity contribution in [2.45, 2.75) is 0 Å². The normalized spacial score (nSPS) is 10.7. The van der Waals surface area contributed by atoms with Gasteiger partial charge in [-0.2, -0.15) is 0 Å². The molecule has 0 aliphatic heterocycles. The first-order valence-electron chi connectivity index (χ1n) is 5.63. The van der Waals surface area contributed by atoms with E-state index in [4.69, 9.17) is 10.3 Å². The first-order chi connectivity index (χ1) is 9.66. The number of hydrogen-bond donors (Lipinski definition) is 1. The van der Waals surface area contributed by atoms with Crippen LogP contribution in [0.5, 0.6) is 0 Å². The van der Waals surface area contributed by atoms with Crippen LogP contribution in [-0.2, 0) is 0 Å². The van der Waals surface area contributed by atoms with Gasteiger partial charge in [0.25, 0.3) is 0 Å². The lowest BCUT2D eigenvalue weighted by atomic mass is 10.0. The van der Waals surface area contributed by atoms with Gasteiger partial charge in [-0.05, 0) is 12.1 Å². The second kappa shape index (κ2) is 4.69. The van der Waals surface area contributed by atoms with Gasteiger partial charge in [-0.15, -0.1) is 0 Å². The topological polar surface area (TPSA) is 77.8 Å². The highest BCUT2D eigenvalue weighted by molar-refractivity contribution is 5.86. The zero-order valence-electron chi connectivity index (χ0n) is 10.0. The van der Waals surface area contributed by atoms with Gasteiger partial charge in [0.05, 0.1) is 5.56 Å². The van der Waals surface area contributed by atoms with E-state index in [9.17, 15) is 8.78 Å². The minimum absolute atomic E-state index is 0.0608. The third-order valence-electron chi connectivity index (χ3n) is 2.75. The second-order valence-corrected chi connectivity index (χ2v) is 4.02. The Morgan fingerprint density at radius 3 is 2.55 bits per heavy atom. The average Bonchev–Trinajstić information content (AvgIpc) is 2.82. The molecular weight excluding hydrogens is 266 g/mol. The zero-order chi connectivity index (χ0) is 14.1. The minimum atomic E-state index is -0.752. The molecule has 0 fully saturated rings. The van der Waals surface area contributed by atoms with E-state index in [1.54, 1.807) is 0 Å². The Balaban J connectivity index is 2.22. The van der Waals surface area contributed by atoms with E-state index in [1.807, 2.05) is 0 Å². The number of hydrogen-bond acceptors (Lipinski definition) is 5. The van der Waals surface area contributed by atoms with Crippen molar-refractivity contribution in [2.24, 2.45) is 0 Å². The molecule has 2 aromatic heterocycles. The molecule has 3 rings (SSSR count). The molecule has 0 aliphatic rings. The molecule has 1 aromatic carbocycles. The quantitative estimate of drug-likeness (QED) is 0.777. The Labute approximate surface area is 112 Å². The van der Waals surface area contributed by atoms with E-state index in [1.165, 1.54) is 24.8 Å². The number of nitrogen functional groups attached to an aromatic ring is 1. The third-order valence-corrected chi connectivity index (χ3v) is 2.75. The maximum Gasteiger partial charge on any atom is 0.230 e. The van der Waals surface area contributed by atoms with Crippen LogP contribution in [0.1, 0.15) is 0 Å². The standard InChI is InChI=1S/C13H8F2N4O/c14-8-1-2-9(10(15)3-8)11-12(19-20-13(11)16)7-4-17-6-18-5-7/h1-6H,16H2. The molecule has 0 aliphatic carbocycles. The number of aromatic nitrogens is 3. The average molecular weight is 274 g/mol. The summed E-state index contributed by atoms with van der Waals surface area (Å²) >= 11 is 0. The van der Waals surface area contributed by atoms with E-state index in [2.05, 4.69) is 15.1 Å². The van der Waals surface area contributed by atoms with E-state index in [-0.39, 0.29) is 17.0 Å². The van der Waals surface area contributed by atoms with Gasteiger partial charge in [0, 0.05) is 29.6 Å². The van der Waals surface area contributed by atoms with Crippen molar-refractivity contribution in [3.05, 3.63) is 48.6 Å². The van der Waals surface area contributed by atoms with E-state index < -0.39 is 11.6 Å². The summed E-state index contributed by atoms with van der Waals surface area (Å²) in [6.07, 6.45) is 4.34. The molecule has 0 atom stereocenters. The Hall–Kier alpha value is -2.83. The first kappa shape index (κ1) is 12.2. The SMILES string of the molecule is Nc1onc(-c2cncnc2)c1-c1ccc(F)cc1F. The summed E-state index contributed by atoms with van der Waals surface area (Å²) in [6, 6.07) is 3.18. The molecule has 0 amide bonds. The van der Waals surface area contributed by atoms with Gasteiger partial charge in [0.1, 0.15) is 23.7 Å². The Morgan fingerprint density at radius 1 is 1.10 bits per heavy atom.